The Labute approximate surface area is 493 Å². The Balaban J connectivity index is 0.000000235. The van der Waals surface area contributed by atoms with Crippen LogP contribution in [0.25, 0.3) is 20.4 Å². The topological polar surface area (TPSA) is 219 Å². The third kappa shape index (κ3) is 13.5. The van der Waals surface area contributed by atoms with Crippen LogP contribution in [-0.2, 0) is 84.2 Å². The molecule has 5 aromatic rings. The van der Waals surface area contributed by atoms with Crippen LogP contribution in [0.1, 0.15) is 46.2 Å². The van der Waals surface area contributed by atoms with Crippen LogP contribution in [0.2, 0.25) is 0 Å². The number of aliphatic hydroxyl groups is 1. The van der Waals surface area contributed by atoms with E-state index in [9.17, 15) is 33.9 Å². The highest BCUT2D eigenvalue weighted by molar-refractivity contribution is 8.01. The number of thioether (sulfide) groups is 2. The molecule has 2 amide bonds. The van der Waals surface area contributed by atoms with Crippen molar-refractivity contribution >= 4 is 102 Å². The molecule has 0 aliphatic carbocycles. The Morgan fingerprint density at radius 3 is 1.55 bits per heavy atom. The summed E-state index contributed by atoms with van der Waals surface area (Å²) in [6.45, 7) is 22.5. The number of esters is 2. The van der Waals surface area contributed by atoms with Crippen LogP contribution in [0.3, 0.4) is 0 Å². The number of ether oxygens (including phenoxy) is 2. The maximum absolute atomic E-state index is 13.3. The first-order chi connectivity index (χ1) is 39.0. The van der Waals surface area contributed by atoms with Crippen molar-refractivity contribution in [1.29, 1.82) is 0 Å². The Kier molecular flexibility index (Phi) is 21.9. The molecule has 1 N–H and O–H groups in total. The third-order valence-electron chi connectivity index (χ3n) is 14.6. The van der Waals surface area contributed by atoms with Gasteiger partial charge in [-0.15, -0.1) is 35.8 Å². The third-order valence-corrected chi connectivity index (χ3v) is 19.0. The molecule has 2 saturated heterocycles. The van der Waals surface area contributed by atoms with Gasteiger partial charge in [0.05, 0.1) is 69.8 Å². The summed E-state index contributed by atoms with van der Waals surface area (Å²) in [5.41, 5.74) is 6.06. The SMILES string of the molecule is C.C=CCOOC(=O)C(C)C1C(=O)N2C(C(=O)OCC=C)=C(CSc3nc4cc(CCO)ccc4s3)[C@H](C)C12.C=CCOOC(=O)C(C)C1C(=O)N2C(C(=O)OCC=C)=C(CSc3nc4cc(CCn5cc[n+](C)c5)ccc4s3)[C@H](C)C12. The lowest BCUT2D eigenvalue weighted by molar-refractivity contribution is -0.671. The van der Waals surface area contributed by atoms with E-state index in [1.54, 1.807) is 36.5 Å². The predicted molar refractivity (Wildman–Crippen MR) is 313 cm³/mol. The van der Waals surface area contributed by atoms with E-state index in [1.807, 2.05) is 49.9 Å². The lowest BCUT2D eigenvalue weighted by Crippen LogP contribution is -2.63. The van der Waals surface area contributed by atoms with Crippen LogP contribution in [-0.4, -0.2) is 122 Å². The fourth-order valence-corrected chi connectivity index (χ4v) is 14.9. The number of amides is 2. The van der Waals surface area contributed by atoms with Crippen LogP contribution < -0.4 is 4.57 Å². The van der Waals surface area contributed by atoms with E-state index in [2.05, 4.69) is 61.6 Å². The number of nitrogens with zero attached hydrogens (tertiary/aromatic N) is 6. The summed E-state index contributed by atoms with van der Waals surface area (Å²) < 4.78 is 18.7. The van der Waals surface area contributed by atoms with E-state index >= 15 is 0 Å². The van der Waals surface area contributed by atoms with Gasteiger partial charge in [0.1, 0.15) is 50.2 Å². The molecule has 2 aromatic carbocycles. The molecular weight excluding hydrogens is 1130 g/mol. The van der Waals surface area contributed by atoms with E-state index in [0.717, 1.165) is 58.8 Å². The van der Waals surface area contributed by atoms with E-state index in [0.29, 0.717) is 17.9 Å². The molecule has 82 heavy (non-hydrogen) atoms. The molecule has 8 atom stereocenters. The summed E-state index contributed by atoms with van der Waals surface area (Å²) in [6.07, 6.45) is 13.4. The molecule has 6 unspecified atom stereocenters. The summed E-state index contributed by atoms with van der Waals surface area (Å²) in [7, 11) is 2.00. The van der Waals surface area contributed by atoms with E-state index < -0.39 is 47.5 Å². The minimum Gasteiger partial charge on any atom is -0.457 e. The normalized spacial score (nSPS) is 20.4. The number of aromatic nitrogens is 4. The van der Waals surface area contributed by atoms with Gasteiger partial charge in [-0.05, 0) is 53.0 Å². The van der Waals surface area contributed by atoms with Crippen LogP contribution in [0, 0.1) is 35.5 Å². The molecule has 0 bridgehead atoms. The predicted octanol–water partition coefficient (Wildman–Crippen LogP) is 8.33. The standard InChI is InChI=1S/C31H35N4O6S2.C27H30N2O7S2.CH4/c1-6-14-39-30(38)27-22(19(3)26-25(28(36)35(26)27)20(4)29(37)41-40-15-7-2)17-42-31-32-23-16-21(8-9-24(23)43-31)10-11-34-13-12-33(5)18-34;1-5-11-34-26(33)23-18(14-37-27-28-19-13-17(9-10-30)7-8-20(19)38-27)15(3)22-21(24(31)29(22)23)16(4)25(32)36-35-12-6-2;/h6-9,12-13,16,18-20,25-26H,1-2,10-11,14-15,17H2,3-5H3;5-8,13,15-16,21-22,30H,1-2,9-12,14H2,3-4H3;1H4/q+1;;/t19-,20?,25?,26?;15-,16?,21?,22?;/m00./s1. The van der Waals surface area contributed by atoms with Gasteiger partial charge < -0.3 is 24.4 Å². The molecule has 19 nitrogen and oxygen atoms in total. The maximum Gasteiger partial charge on any atom is 0.355 e. The average Bonchev–Trinajstić information content (AvgIpc) is 2.15. The van der Waals surface area contributed by atoms with Crippen LogP contribution in [0.5, 0.6) is 0 Å². The van der Waals surface area contributed by atoms with Crippen molar-refractivity contribution in [1.82, 2.24) is 24.3 Å². The Morgan fingerprint density at radius 2 is 1.15 bits per heavy atom. The summed E-state index contributed by atoms with van der Waals surface area (Å²) in [4.78, 5) is 110. The molecule has 0 spiro atoms. The van der Waals surface area contributed by atoms with Gasteiger partial charge in [-0.3, -0.25) is 19.4 Å². The average molecular weight is 1200 g/mol. The first-order valence-corrected chi connectivity index (χ1v) is 29.9. The number of carbonyl (C=O) groups excluding carboxylic acids is 6. The first-order valence-electron chi connectivity index (χ1n) is 26.3. The van der Waals surface area contributed by atoms with E-state index in [-0.39, 0.29) is 87.6 Å². The minimum atomic E-state index is -0.758. The molecule has 9 rings (SSSR count). The molecule has 3 aromatic heterocycles. The summed E-state index contributed by atoms with van der Waals surface area (Å²) in [6, 6.07) is 11.6. The number of hydrogen-bond donors (Lipinski definition) is 1. The van der Waals surface area contributed by atoms with Crippen molar-refractivity contribution in [3.05, 3.63) is 139 Å². The number of rotatable bonds is 27. The molecule has 0 saturated carbocycles. The second-order valence-electron chi connectivity index (χ2n) is 19.8. The zero-order valence-electron chi connectivity index (χ0n) is 45.7. The fraction of sp³-hybridized carbons (Fsp3) is 0.407. The molecular formula is C59H69N6O13S4+. The largest absolute Gasteiger partial charge is 0.457 e. The van der Waals surface area contributed by atoms with Crippen LogP contribution >= 0.6 is 46.2 Å². The lowest BCUT2D eigenvalue weighted by Gasteiger charge is -2.47. The second-order valence-corrected chi connectivity index (χ2v) is 24.3. The highest BCUT2D eigenvalue weighted by Crippen LogP contribution is 2.52. The summed E-state index contributed by atoms with van der Waals surface area (Å²) >= 11 is 6.16. The van der Waals surface area contributed by atoms with E-state index in [4.69, 9.17) is 39.0 Å². The fourth-order valence-electron chi connectivity index (χ4n) is 10.5. The first kappa shape index (κ1) is 62.9. The molecule has 436 valence electrons. The van der Waals surface area contributed by atoms with Crippen molar-refractivity contribution in [3.63, 3.8) is 0 Å². The van der Waals surface area contributed by atoms with Gasteiger partial charge >= 0.3 is 23.9 Å². The molecule has 7 heterocycles. The molecule has 4 aliphatic heterocycles. The van der Waals surface area contributed by atoms with Crippen LogP contribution in [0.15, 0.2) is 137 Å². The quantitative estimate of drug-likeness (QED) is 0.00763. The number of β-lactam (4-membered cyclic amide) rings is 2. The van der Waals surface area contributed by atoms with Crippen molar-refractivity contribution in [2.75, 3.05) is 44.5 Å². The van der Waals surface area contributed by atoms with Crippen LogP contribution in [0.4, 0.5) is 0 Å². The minimum absolute atomic E-state index is 0. The summed E-state index contributed by atoms with van der Waals surface area (Å²) in [5, 5.41) is 9.22. The highest BCUT2D eigenvalue weighted by Gasteiger charge is 2.62. The van der Waals surface area contributed by atoms with Gasteiger partial charge in [0.25, 0.3) is 0 Å². The zero-order chi connectivity index (χ0) is 58.1. The Morgan fingerprint density at radius 1 is 0.707 bits per heavy atom. The van der Waals surface area contributed by atoms with Gasteiger partial charge in [-0.2, -0.15) is 9.78 Å². The molecule has 0 radical (unpaired) electrons. The maximum atomic E-state index is 13.3. The number of imidazole rings is 1. The number of aryl methyl sites for hydroxylation is 3. The van der Waals surface area contributed by atoms with Gasteiger partial charge in [0.2, 0.25) is 18.1 Å². The number of carbonyl (C=O) groups is 6. The number of thiazole rings is 2. The number of benzene rings is 2. The zero-order valence-corrected chi connectivity index (χ0v) is 49.0. The molecule has 2 fully saturated rings. The van der Waals surface area contributed by atoms with Gasteiger partial charge in [-0.1, -0.05) is 108 Å². The second kappa shape index (κ2) is 28.5. The van der Waals surface area contributed by atoms with Gasteiger partial charge in [0.15, 0.2) is 8.68 Å². The Hall–Kier alpha value is -6.73. The number of hydrogen-bond acceptors (Lipinski definition) is 19. The Bertz CT molecular complexity index is 3310. The van der Waals surface area contributed by atoms with E-state index in [1.165, 1.54) is 63.2 Å². The monoisotopic (exact) mass is 1200 g/mol. The highest BCUT2D eigenvalue weighted by atomic mass is 32.2. The molecule has 4 aliphatic rings. The van der Waals surface area contributed by atoms with Crippen molar-refractivity contribution < 1.29 is 67.5 Å². The van der Waals surface area contributed by atoms with Crippen molar-refractivity contribution in [3.8, 4) is 0 Å². The van der Waals surface area contributed by atoms with Gasteiger partial charge in [-0.25, -0.2) is 38.3 Å². The van der Waals surface area contributed by atoms with Crippen molar-refractivity contribution in [2.45, 2.75) is 75.3 Å². The van der Waals surface area contributed by atoms with Crippen molar-refractivity contribution in [2.24, 2.45) is 42.6 Å². The number of aliphatic hydroxyl groups excluding tert-OH is 1. The smallest absolute Gasteiger partial charge is 0.355 e. The number of fused-ring (bicyclic) bond motifs is 4. The molecule has 23 heteroatoms. The van der Waals surface area contributed by atoms with Gasteiger partial charge in [0, 0.05) is 36.4 Å². The lowest BCUT2D eigenvalue weighted by atomic mass is 9.74. The summed E-state index contributed by atoms with van der Waals surface area (Å²) in [5.74, 6) is -5.38.